The Kier molecular flexibility index (Phi) is 4.15. The highest BCUT2D eigenvalue weighted by atomic mass is 32.2. The molecule has 0 amide bonds. The smallest absolute Gasteiger partial charge is 0.194 e. The molecule has 0 aliphatic heterocycles. The van der Waals surface area contributed by atoms with Crippen molar-refractivity contribution in [3.8, 4) is 0 Å². The van der Waals surface area contributed by atoms with Gasteiger partial charge in [-0.15, -0.1) is 0 Å². The average Bonchev–Trinajstić information content (AvgIpc) is 2.82. The van der Waals surface area contributed by atoms with Crippen LogP contribution in [0.15, 0.2) is 0 Å². The van der Waals surface area contributed by atoms with Gasteiger partial charge in [0.15, 0.2) is 0 Å². The molecular formula is C13H22F2S. The Bertz CT molecular complexity index is 224. The third-order valence-electron chi connectivity index (χ3n) is 4.53. The highest BCUT2D eigenvalue weighted by Crippen LogP contribution is 2.51. The molecule has 0 radical (unpaired) electrons. The second kappa shape index (κ2) is 5.24. The van der Waals surface area contributed by atoms with Gasteiger partial charge in [0.1, 0.15) is 0 Å². The molecule has 0 nitrogen and oxygen atoms in total. The molecule has 2 rings (SSSR count). The predicted molar refractivity (Wildman–Crippen MR) is 65.9 cm³/mol. The van der Waals surface area contributed by atoms with Gasteiger partial charge in [-0.25, -0.2) is 0 Å². The second-order valence-electron chi connectivity index (χ2n) is 5.37. The molecule has 0 aromatic carbocycles. The van der Waals surface area contributed by atoms with Crippen LogP contribution in [0.1, 0.15) is 51.4 Å². The highest BCUT2D eigenvalue weighted by molar-refractivity contribution is 7.99. The van der Waals surface area contributed by atoms with Crippen LogP contribution < -0.4 is 0 Å². The number of hydrogen-bond donors (Lipinski definition) is 0. The van der Waals surface area contributed by atoms with E-state index in [1.807, 2.05) is 0 Å². The van der Waals surface area contributed by atoms with Crippen LogP contribution in [-0.2, 0) is 0 Å². The summed E-state index contributed by atoms with van der Waals surface area (Å²) >= 11 is 0.763. The fraction of sp³-hybridized carbons (Fsp3) is 1.00. The van der Waals surface area contributed by atoms with Gasteiger partial charge in [0.05, 0.1) is 0 Å². The Balaban J connectivity index is 2.07. The number of halogens is 2. The average molecular weight is 248 g/mol. The van der Waals surface area contributed by atoms with E-state index in [-0.39, 0.29) is 5.92 Å². The van der Waals surface area contributed by atoms with Gasteiger partial charge in [-0.2, -0.15) is 8.78 Å². The summed E-state index contributed by atoms with van der Waals surface area (Å²) in [5.41, 5.74) is 0. The second-order valence-corrected chi connectivity index (χ2v) is 6.32. The number of thioether (sulfide) groups is 1. The van der Waals surface area contributed by atoms with Crippen LogP contribution in [0.25, 0.3) is 0 Å². The number of hydrogen-bond acceptors (Lipinski definition) is 1. The monoisotopic (exact) mass is 248 g/mol. The minimum Gasteiger partial charge on any atom is -0.194 e. The van der Waals surface area contributed by atoms with E-state index in [0.717, 1.165) is 31.0 Å². The van der Waals surface area contributed by atoms with Crippen molar-refractivity contribution in [3.63, 3.8) is 0 Å². The van der Waals surface area contributed by atoms with Crippen molar-refractivity contribution in [1.29, 1.82) is 0 Å². The minimum atomic E-state index is -2.49. The Hall–Kier alpha value is 0.210. The van der Waals surface area contributed by atoms with Gasteiger partial charge in [-0.1, -0.05) is 50.3 Å². The summed E-state index contributed by atoms with van der Waals surface area (Å²) in [5, 5.41) is -2.49. The molecule has 2 aliphatic rings. The van der Waals surface area contributed by atoms with Crippen LogP contribution >= 0.6 is 11.8 Å². The number of rotatable bonds is 3. The summed E-state index contributed by atoms with van der Waals surface area (Å²) in [7, 11) is 0. The Morgan fingerprint density at radius 3 is 2.12 bits per heavy atom. The SMILES string of the molecule is CSC(F)(F)C1CCCCC1C1CCCC1. The van der Waals surface area contributed by atoms with Crippen molar-refractivity contribution in [2.45, 2.75) is 56.6 Å². The maximum atomic E-state index is 13.9. The van der Waals surface area contributed by atoms with Crippen molar-refractivity contribution < 1.29 is 8.78 Å². The number of alkyl halides is 2. The first-order valence-electron chi connectivity index (χ1n) is 6.58. The van der Waals surface area contributed by atoms with Gasteiger partial charge in [-0.3, -0.25) is 0 Å². The van der Waals surface area contributed by atoms with E-state index in [0.29, 0.717) is 11.8 Å². The van der Waals surface area contributed by atoms with Crippen molar-refractivity contribution >= 4 is 11.8 Å². The third-order valence-corrected chi connectivity index (χ3v) is 5.38. The summed E-state index contributed by atoms with van der Waals surface area (Å²) < 4.78 is 27.8. The largest absolute Gasteiger partial charge is 0.296 e. The molecule has 0 aromatic rings. The van der Waals surface area contributed by atoms with Crippen molar-refractivity contribution in [3.05, 3.63) is 0 Å². The van der Waals surface area contributed by atoms with E-state index in [4.69, 9.17) is 0 Å². The summed E-state index contributed by atoms with van der Waals surface area (Å²) in [6.07, 6.45) is 10.4. The summed E-state index contributed by atoms with van der Waals surface area (Å²) in [4.78, 5) is 0. The van der Waals surface area contributed by atoms with Crippen LogP contribution in [0.2, 0.25) is 0 Å². The summed E-state index contributed by atoms with van der Waals surface area (Å²) in [5.74, 6) is 0.557. The lowest BCUT2D eigenvalue weighted by Gasteiger charge is -2.39. The van der Waals surface area contributed by atoms with E-state index < -0.39 is 5.25 Å². The molecule has 0 aromatic heterocycles. The third kappa shape index (κ3) is 2.55. The van der Waals surface area contributed by atoms with Crippen LogP contribution in [0.3, 0.4) is 0 Å². The summed E-state index contributed by atoms with van der Waals surface area (Å²) in [6, 6.07) is 0. The van der Waals surface area contributed by atoms with E-state index in [1.165, 1.54) is 32.1 Å². The molecule has 0 spiro atoms. The first-order valence-corrected chi connectivity index (χ1v) is 7.80. The first-order chi connectivity index (χ1) is 7.65. The van der Waals surface area contributed by atoms with Crippen molar-refractivity contribution in [2.75, 3.05) is 6.26 Å². The molecule has 2 unspecified atom stereocenters. The van der Waals surface area contributed by atoms with Crippen LogP contribution in [0, 0.1) is 17.8 Å². The van der Waals surface area contributed by atoms with Crippen LogP contribution in [0.4, 0.5) is 8.78 Å². The topological polar surface area (TPSA) is 0 Å². The lowest BCUT2D eigenvalue weighted by atomic mass is 9.72. The molecule has 0 saturated heterocycles. The zero-order valence-corrected chi connectivity index (χ0v) is 10.9. The van der Waals surface area contributed by atoms with E-state index in [1.54, 1.807) is 6.26 Å². The van der Waals surface area contributed by atoms with Crippen molar-refractivity contribution in [2.24, 2.45) is 17.8 Å². The molecule has 3 heteroatoms. The fourth-order valence-corrected chi connectivity index (χ4v) is 4.27. The van der Waals surface area contributed by atoms with E-state index >= 15 is 0 Å². The first kappa shape index (κ1) is 12.7. The summed E-state index contributed by atoms with van der Waals surface area (Å²) in [6.45, 7) is 0. The quantitative estimate of drug-likeness (QED) is 0.681. The lowest BCUT2D eigenvalue weighted by molar-refractivity contribution is -0.0275. The maximum absolute atomic E-state index is 13.9. The minimum absolute atomic E-state index is 0.304. The van der Waals surface area contributed by atoms with Gasteiger partial charge in [0.25, 0.3) is 5.25 Å². The zero-order valence-electron chi connectivity index (χ0n) is 10.1. The Morgan fingerprint density at radius 2 is 1.50 bits per heavy atom. The van der Waals surface area contributed by atoms with E-state index in [2.05, 4.69) is 0 Å². The van der Waals surface area contributed by atoms with E-state index in [9.17, 15) is 8.78 Å². The van der Waals surface area contributed by atoms with Crippen molar-refractivity contribution in [1.82, 2.24) is 0 Å². The van der Waals surface area contributed by atoms with Gasteiger partial charge in [0.2, 0.25) is 0 Å². The Labute approximate surface area is 102 Å². The van der Waals surface area contributed by atoms with Crippen LogP contribution in [0.5, 0.6) is 0 Å². The molecule has 2 fully saturated rings. The molecule has 94 valence electrons. The van der Waals surface area contributed by atoms with Gasteiger partial charge in [-0.05, 0) is 30.9 Å². The highest BCUT2D eigenvalue weighted by Gasteiger charge is 2.46. The zero-order chi connectivity index (χ0) is 11.6. The molecule has 0 heterocycles. The lowest BCUT2D eigenvalue weighted by Crippen LogP contribution is -2.36. The fourth-order valence-electron chi connectivity index (χ4n) is 3.68. The van der Waals surface area contributed by atoms with Gasteiger partial charge in [0, 0.05) is 5.92 Å². The molecule has 2 atom stereocenters. The standard InChI is InChI=1S/C13H22F2S/c1-16-13(14,15)12-9-5-4-8-11(12)10-6-2-3-7-10/h10-12H,2-9H2,1H3. The Morgan fingerprint density at radius 1 is 0.938 bits per heavy atom. The molecule has 0 N–H and O–H groups in total. The molecule has 0 bridgehead atoms. The van der Waals surface area contributed by atoms with Gasteiger partial charge >= 0.3 is 0 Å². The molecule has 16 heavy (non-hydrogen) atoms. The van der Waals surface area contributed by atoms with Crippen LogP contribution in [-0.4, -0.2) is 11.5 Å². The predicted octanol–water partition coefficient (Wildman–Crippen LogP) is 4.94. The maximum Gasteiger partial charge on any atom is 0.296 e. The van der Waals surface area contributed by atoms with Gasteiger partial charge < -0.3 is 0 Å². The molecular weight excluding hydrogens is 226 g/mol. The molecule has 2 saturated carbocycles. The normalized spacial score (nSPS) is 33.2. The molecule has 2 aliphatic carbocycles.